The van der Waals surface area contributed by atoms with Crippen LogP contribution < -0.4 is 10.1 Å². The Morgan fingerprint density at radius 2 is 1.73 bits per heavy atom. The van der Waals surface area contributed by atoms with Crippen LogP contribution in [0.2, 0.25) is 0 Å². The molecule has 1 atom stereocenters. The van der Waals surface area contributed by atoms with Gasteiger partial charge < -0.3 is 15.0 Å². The van der Waals surface area contributed by atoms with E-state index in [-0.39, 0.29) is 23.5 Å². The summed E-state index contributed by atoms with van der Waals surface area (Å²) in [6.07, 6.45) is 0.699. The lowest BCUT2D eigenvalue weighted by Crippen LogP contribution is -2.52. The van der Waals surface area contributed by atoms with E-state index in [2.05, 4.69) is 10.2 Å². The monoisotopic (exact) mass is 429 g/mol. The molecule has 1 amide bonds. The first-order valence-corrected chi connectivity index (χ1v) is 12.0. The molecule has 7 nitrogen and oxygen atoms in total. The molecule has 0 spiro atoms. The quantitative estimate of drug-likeness (QED) is 0.786. The third kappa shape index (κ3) is 4.60. The van der Waals surface area contributed by atoms with E-state index >= 15 is 0 Å². The van der Waals surface area contributed by atoms with Gasteiger partial charge in [-0.25, -0.2) is 8.42 Å². The van der Waals surface area contributed by atoms with Crippen LogP contribution in [0.4, 0.5) is 11.4 Å². The molecule has 4 rings (SSSR count). The Balaban J connectivity index is 1.41. The van der Waals surface area contributed by atoms with E-state index in [4.69, 9.17) is 4.74 Å². The first-order chi connectivity index (χ1) is 14.4. The van der Waals surface area contributed by atoms with Gasteiger partial charge in [-0.05, 0) is 42.8 Å². The molecule has 0 saturated carbocycles. The van der Waals surface area contributed by atoms with Gasteiger partial charge in [0.05, 0.1) is 29.9 Å². The van der Waals surface area contributed by atoms with Crippen LogP contribution in [0.15, 0.2) is 48.5 Å². The first kappa shape index (κ1) is 20.7. The number of carbonyl (C=O) groups is 1. The van der Waals surface area contributed by atoms with Gasteiger partial charge in [-0.1, -0.05) is 12.1 Å². The number of piperazine rings is 1. The number of benzene rings is 2. The molecule has 1 unspecified atom stereocenters. The highest BCUT2D eigenvalue weighted by Gasteiger charge is 2.34. The molecule has 2 aromatic rings. The Hall–Kier alpha value is -2.58. The lowest BCUT2D eigenvalue weighted by atomic mass is 10.1. The van der Waals surface area contributed by atoms with E-state index in [0.29, 0.717) is 38.2 Å². The summed E-state index contributed by atoms with van der Waals surface area (Å²) in [4.78, 5) is 17.3. The summed E-state index contributed by atoms with van der Waals surface area (Å²) in [5.74, 6) is 1.29. The second kappa shape index (κ2) is 8.65. The van der Waals surface area contributed by atoms with Crippen LogP contribution in [0.5, 0.6) is 5.75 Å². The van der Waals surface area contributed by atoms with Gasteiger partial charge in [0.1, 0.15) is 5.75 Å². The van der Waals surface area contributed by atoms with Crippen molar-refractivity contribution in [3.8, 4) is 5.75 Å². The number of carbonyl (C=O) groups excluding carboxylic acids is 1. The van der Waals surface area contributed by atoms with Gasteiger partial charge in [0.2, 0.25) is 0 Å². The molecule has 2 aromatic carbocycles. The molecule has 0 aromatic heterocycles. The normalized spacial score (nSPS) is 21.4. The number of methoxy groups -OCH3 is 1. The van der Waals surface area contributed by atoms with Crippen molar-refractivity contribution in [3.63, 3.8) is 0 Å². The van der Waals surface area contributed by atoms with Crippen LogP contribution in [0.3, 0.4) is 0 Å². The number of hydrogen-bond donors (Lipinski definition) is 1. The zero-order chi connectivity index (χ0) is 21.1. The molecule has 0 bridgehead atoms. The summed E-state index contributed by atoms with van der Waals surface area (Å²) in [6, 6.07) is 15.2. The van der Waals surface area contributed by atoms with Gasteiger partial charge >= 0.3 is 0 Å². The Labute approximate surface area is 177 Å². The van der Waals surface area contributed by atoms with E-state index in [1.807, 2.05) is 53.4 Å². The molecular weight excluding hydrogens is 402 g/mol. The van der Waals surface area contributed by atoms with Crippen LogP contribution in [-0.2, 0) is 9.84 Å². The average molecular weight is 430 g/mol. The predicted octanol–water partition coefficient (Wildman–Crippen LogP) is 2.38. The minimum Gasteiger partial charge on any atom is -0.497 e. The van der Waals surface area contributed by atoms with E-state index in [0.717, 1.165) is 17.1 Å². The summed E-state index contributed by atoms with van der Waals surface area (Å²) in [5.41, 5.74) is 2.27. The van der Waals surface area contributed by atoms with Gasteiger partial charge in [-0.2, -0.15) is 0 Å². The van der Waals surface area contributed by atoms with Crippen molar-refractivity contribution in [2.45, 2.75) is 12.5 Å². The highest BCUT2D eigenvalue weighted by Crippen LogP contribution is 2.25. The van der Waals surface area contributed by atoms with E-state index in [1.54, 1.807) is 7.11 Å². The number of rotatable bonds is 5. The molecule has 8 heteroatoms. The molecule has 2 fully saturated rings. The molecule has 2 heterocycles. The van der Waals surface area contributed by atoms with Crippen molar-refractivity contribution in [1.29, 1.82) is 0 Å². The summed E-state index contributed by atoms with van der Waals surface area (Å²) >= 11 is 0. The fourth-order valence-electron chi connectivity index (χ4n) is 4.13. The van der Waals surface area contributed by atoms with Crippen molar-refractivity contribution < 1.29 is 17.9 Å². The Morgan fingerprint density at radius 3 is 2.37 bits per heavy atom. The summed E-state index contributed by atoms with van der Waals surface area (Å²) in [7, 11) is -1.27. The van der Waals surface area contributed by atoms with Gasteiger partial charge in [-0.15, -0.1) is 0 Å². The lowest BCUT2D eigenvalue weighted by Gasteiger charge is -2.37. The topological polar surface area (TPSA) is 79.0 Å². The molecule has 2 aliphatic rings. The average Bonchev–Trinajstić information content (AvgIpc) is 3.14. The zero-order valence-corrected chi connectivity index (χ0v) is 17.9. The molecule has 0 radical (unpaired) electrons. The second-order valence-electron chi connectivity index (χ2n) is 7.78. The van der Waals surface area contributed by atoms with Crippen molar-refractivity contribution >= 4 is 27.1 Å². The van der Waals surface area contributed by atoms with Gasteiger partial charge in [0.15, 0.2) is 9.84 Å². The number of para-hydroxylation sites is 1. The number of anilines is 2. The minimum atomic E-state index is -2.90. The van der Waals surface area contributed by atoms with Crippen LogP contribution in [-0.4, -0.2) is 75.0 Å². The Bertz CT molecular complexity index is 999. The molecule has 2 aliphatic heterocycles. The summed E-state index contributed by atoms with van der Waals surface area (Å²) in [5, 5.41) is 3.33. The van der Waals surface area contributed by atoms with E-state index in [1.165, 1.54) is 0 Å². The molecule has 2 saturated heterocycles. The predicted molar refractivity (Wildman–Crippen MR) is 117 cm³/mol. The highest BCUT2D eigenvalue weighted by molar-refractivity contribution is 7.91. The number of nitrogens with one attached hydrogen (secondary N) is 1. The molecule has 160 valence electrons. The Morgan fingerprint density at radius 1 is 1.03 bits per heavy atom. The van der Waals surface area contributed by atoms with Crippen LogP contribution in [0.1, 0.15) is 16.8 Å². The standard InChI is InChI=1S/C22H27N3O4S/c1-29-19-8-6-17(7-9-19)23-21-5-3-2-4-20(21)22(26)25-13-11-24(12-14-25)18-10-15-30(27,28)16-18/h2-9,18,23H,10-16H2,1H3. The van der Waals surface area contributed by atoms with Crippen molar-refractivity contribution in [2.75, 3.05) is 50.1 Å². The first-order valence-electron chi connectivity index (χ1n) is 10.2. The molecule has 30 heavy (non-hydrogen) atoms. The smallest absolute Gasteiger partial charge is 0.256 e. The van der Waals surface area contributed by atoms with Crippen LogP contribution in [0, 0.1) is 0 Å². The summed E-state index contributed by atoms with van der Waals surface area (Å²) < 4.78 is 28.7. The van der Waals surface area contributed by atoms with Gasteiger partial charge in [0.25, 0.3) is 5.91 Å². The number of hydrogen-bond acceptors (Lipinski definition) is 6. The maximum Gasteiger partial charge on any atom is 0.256 e. The maximum absolute atomic E-state index is 13.2. The number of nitrogens with zero attached hydrogens (tertiary/aromatic N) is 2. The van der Waals surface area contributed by atoms with Crippen molar-refractivity contribution in [3.05, 3.63) is 54.1 Å². The minimum absolute atomic E-state index is 0.00898. The van der Waals surface area contributed by atoms with Crippen molar-refractivity contribution in [2.24, 2.45) is 0 Å². The third-order valence-corrected chi connectivity index (χ3v) is 7.60. The Kier molecular flexibility index (Phi) is 5.97. The SMILES string of the molecule is COc1ccc(Nc2ccccc2C(=O)N2CCN(C3CCS(=O)(=O)C3)CC2)cc1. The zero-order valence-electron chi connectivity index (χ0n) is 17.1. The molecule has 0 aliphatic carbocycles. The highest BCUT2D eigenvalue weighted by atomic mass is 32.2. The number of amides is 1. The van der Waals surface area contributed by atoms with E-state index < -0.39 is 9.84 Å². The number of sulfone groups is 1. The van der Waals surface area contributed by atoms with Gasteiger partial charge in [0, 0.05) is 37.9 Å². The molecule has 1 N–H and O–H groups in total. The third-order valence-electron chi connectivity index (χ3n) is 5.85. The maximum atomic E-state index is 13.2. The second-order valence-corrected chi connectivity index (χ2v) is 10.0. The molecular formula is C22H27N3O4S. The largest absolute Gasteiger partial charge is 0.497 e. The van der Waals surface area contributed by atoms with Crippen molar-refractivity contribution in [1.82, 2.24) is 9.80 Å². The van der Waals surface area contributed by atoms with Crippen LogP contribution >= 0.6 is 0 Å². The fourth-order valence-corrected chi connectivity index (χ4v) is 5.89. The van der Waals surface area contributed by atoms with Crippen LogP contribution in [0.25, 0.3) is 0 Å². The summed E-state index contributed by atoms with van der Waals surface area (Å²) in [6.45, 7) is 2.62. The number of ether oxygens (including phenoxy) is 1. The van der Waals surface area contributed by atoms with E-state index in [9.17, 15) is 13.2 Å². The lowest BCUT2D eigenvalue weighted by molar-refractivity contribution is 0.0589. The van der Waals surface area contributed by atoms with Gasteiger partial charge in [-0.3, -0.25) is 9.69 Å². The fraction of sp³-hybridized carbons (Fsp3) is 0.409.